The molecule has 1 amide bonds. The Morgan fingerprint density at radius 2 is 2.00 bits per heavy atom. The molecule has 1 saturated heterocycles. The van der Waals surface area contributed by atoms with Crippen molar-refractivity contribution in [2.24, 2.45) is 11.8 Å². The lowest BCUT2D eigenvalue weighted by molar-refractivity contribution is -0.124. The maximum absolute atomic E-state index is 11.7. The average Bonchev–Trinajstić information content (AvgIpc) is 2.96. The van der Waals surface area contributed by atoms with Gasteiger partial charge in [-0.05, 0) is 31.7 Å². The zero-order chi connectivity index (χ0) is 11.2. The second kappa shape index (κ2) is 7.93. The Kier molecular flexibility index (Phi) is 6.90. The topological polar surface area (TPSA) is 41.1 Å². The van der Waals surface area contributed by atoms with Crippen LogP contribution in [0.1, 0.15) is 44.9 Å². The van der Waals surface area contributed by atoms with E-state index in [9.17, 15) is 4.79 Å². The highest BCUT2D eigenvalue weighted by atomic mass is 35.5. The molecule has 4 heteroatoms. The quantitative estimate of drug-likeness (QED) is 0.744. The molecule has 2 aliphatic rings. The van der Waals surface area contributed by atoms with Crippen molar-refractivity contribution in [1.29, 1.82) is 0 Å². The smallest absolute Gasteiger partial charge is 0.224 e. The summed E-state index contributed by atoms with van der Waals surface area (Å²) in [6.45, 7) is 2.75. The molecule has 0 bridgehead atoms. The van der Waals surface area contributed by atoms with Gasteiger partial charge in [0.25, 0.3) is 0 Å². The van der Waals surface area contributed by atoms with E-state index in [0.29, 0.717) is 0 Å². The molecular formula is C13H25ClN2O. The fraction of sp³-hybridized carbons (Fsp3) is 0.923. The normalized spacial score (nSPS) is 24.6. The summed E-state index contributed by atoms with van der Waals surface area (Å²) in [4.78, 5) is 11.7. The molecule has 1 saturated carbocycles. The molecule has 3 nitrogen and oxygen atoms in total. The Bertz CT molecular complexity index is 223. The van der Waals surface area contributed by atoms with Crippen molar-refractivity contribution in [2.45, 2.75) is 44.9 Å². The lowest BCUT2D eigenvalue weighted by atomic mass is 10.0. The van der Waals surface area contributed by atoms with Crippen LogP contribution >= 0.6 is 12.4 Å². The molecule has 100 valence electrons. The van der Waals surface area contributed by atoms with E-state index in [1.807, 2.05) is 0 Å². The van der Waals surface area contributed by atoms with E-state index in [1.54, 1.807) is 0 Å². The van der Waals surface area contributed by atoms with Crippen LogP contribution in [0.4, 0.5) is 0 Å². The van der Waals surface area contributed by atoms with Gasteiger partial charge in [-0.15, -0.1) is 12.4 Å². The van der Waals surface area contributed by atoms with Gasteiger partial charge in [0.15, 0.2) is 0 Å². The third-order valence-electron chi connectivity index (χ3n) is 3.99. The van der Waals surface area contributed by atoms with Gasteiger partial charge in [0.05, 0.1) is 5.92 Å². The van der Waals surface area contributed by atoms with Crippen LogP contribution in [0.5, 0.6) is 0 Å². The number of hydrogen-bond acceptors (Lipinski definition) is 2. The molecule has 1 heterocycles. The van der Waals surface area contributed by atoms with Gasteiger partial charge in [-0.3, -0.25) is 4.79 Å². The molecule has 1 atom stereocenters. The molecule has 2 rings (SSSR count). The third kappa shape index (κ3) is 4.84. The van der Waals surface area contributed by atoms with Crippen LogP contribution < -0.4 is 10.6 Å². The summed E-state index contributed by atoms with van der Waals surface area (Å²) in [7, 11) is 0. The fourth-order valence-electron chi connectivity index (χ4n) is 2.92. The number of carbonyl (C=O) groups is 1. The summed E-state index contributed by atoms with van der Waals surface area (Å²) < 4.78 is 0. The molecule has 17 heavy (non-hydrogen) atoms. The first-order chi connectivity index (χ1) is 7.86. The minimum absolute atomic E-state index is 0. The van der Waals surface area contributed by atoms with E-state index < -0.39 is 0 Å². The van der Waals surface area contributed by atoms with Crippen molar-refractivity contribution in [3.05, 3.63) is 0 Å². The van der Waals surface area contributed by atoms with Crippen LogP contribution in [0.15, 0.2) is 0 Å². The largest absolute Gasteiger partial charge is 0.356 e. The molecule has 0 radical (unpaired) electrons. The van der Waals surface area contributed by atoms with E-state index in [1.165, 1.54) is 32.1 Å². The first kappa shape index (κ1) is 14.8. The van der Waals surface area contributed by atoms with E-state index in [2.05, 4.69) is 10.6 Å². The maximum atomic E-state index is 11.7. The van der Waals surface area contributed by atoms with Crippen LogP contribution in [0, 0.1) is 11.8 Å². The van der Waals surface area contributed by atoms with Crippen molar-refractivity contribution >= 4 is 18.3 Å². The lowest BCUT2D eigenvalue weighted by Gasteiger charge is -2.11. The lowest BCUT2D eigenvalue weighted by Crippen LogP contribution is -2.32. The van der Waals surface area contributed by atoms with Gasteiger partial charge in [0.1, 0.15) is 0 Å². The molecular weight excluding hydrogens is 236 g/mol. The van der Waals surface area contributed by atoms with Gasteiger partial charge in [-0.25, -0.2) is 0 Å². The average molecular weight is 261 g/mol. The van der Waals surface area contributed by atoms with Crippen LogP contribution in [0.25, 0.3) is 0 Å². The monoisotopic (exact) mass is 260 g/mol. The third-order valence-corrected chi connectivity index (χ3v) is 3.99. The van der Waals surface area contributed by atoms with E-state index in [0.717, 1.165) is 38.4 Å². The molecule has 2 fully saturated rings. The number of nitrogens with one attached hydrogen (secondary N) is 2. The van der Waals surface area contributed by atoms with Gasteiger partial charge in [0.2, 0.25) is 5.91 Å². The Balaban J connectivity index is 0.00000144. The first-order valence-electron chi connectivity index (χ1n) is 6.84. The first-order valence-corrected chi connectivity index (χ1v) is 6.84. The summed E-state index contributed by atoms with van der Waals surface area (Å²) >= 11 is 0. The second-order valence-electron chi connectivity index (χ2n) is 5.27. The molecule has 0 aromatic heterocycles. The molecule has 1 aliphatic heterocycles. The zero-order valence-electron chi connectivity index (χ0n) is 10.5. The summed E-state index contributed by atoms with van der Waals surface area (Å²) in [5.41, 5.74) is 0. The van der Waals surface area contributed by atoms with Crippen molar-refractivity contribution in [3.63, 3.8) is 0 Å². The summed E-state index contributed by atoms with van der Waals surface area (Å²) in [5, 5.41) is 6.30. The molecule has 0 aromatic rings. The number of amides is 1. The molecule has 1 aliphatic carbocycles. The summed E-state index contributed by atoms with van der Waals surface area (Å²) in [6, 6.07) is 0. The second-order valence-corrected chi connectivity index (χ2v) is 5.27. The predicted octanol–water partition coefficient (Wildman–Crippen LogP) is 2.10. The SMILES string of the molecule is Cl.O=C(NCCCC1CCCC1)C1CCNC1. The number of hydrogen-bond donors (Lipinski definition) is 2. The number of carbonyl (C=O) groups excluding carboxylic acids is 1. The number of rotatable bonds is 5. The molecule has 2 N–H and O–H groups in total. The minimum atomic E-state index is 0. The van der Waals surface area contributed by atoms with Crippen molar-refractivity contribution in [1.82, 2.24) is 10.6 Å². The van der Waals surface area contributed by atoms with Crippen molar-refractivity contribution in [3.8, 4) is 0 Å². The van der Waals surface area contributed by atoms with Crippen LogP contribution in [-0.2, 0) is 4.79 Å². The highest BCUT2D eigenvalue weighted by Gasteiger charge is 2.21. The maximum Gasteiger partial charge on any atom is 0.224 e. The van der Waals surface area contributed by atoms with Gasteiger partial charge in [0, 0.05) is 13.1 Å². The Hall–Kier alpha value is -0.280. The van der Waals surface area contributed by atoms with Crippen molar-refractivity contribution in [2.75, 3.05) is 19.6 Å². The van der Waals surface area contributed by atoms with E-state index >= 15 is 0 Å². The molecule has 0 spiro atoms. The highest BCUT2D eigenvalue weighted by molar-refractivity contribution is 5.85. The van der Waals surface area contributed by atoms with Gasteiger partial charge in [-0.2, -0.15) is 0 Å². The van der Waals surface area contributed by atoms with E-state index in [-0.39, 0.29) is 24.2 Å². The van der Waals surface area contributed by atoms with Crippen LogP contribution in [0.2, 0.25) is 0 Å². The summed E-state index contributed by atoms with van der Waals surface area (Å²) in [5.74, 6) is 1.44. The predicted molar refractivity (Wildman–Crippen MR) is 72.4 cm³/mol. The van der Waals surface area contributed by atoms with Crippen LogP contribution in [-0.4, -0.2) is 25.5 Å². The fourth-order valence-corrected chi connectivity index (χ4v) is 2.92. The van der Waals surface area contributed by atoms with Crippen LogP contribution in [0.3, 0.4) is 0 Å². The molecule has 1 unspecified atom stereocenters. The Morgan fingerprint density at radius 3 is 2.65 bits per heavy atom. The standard InChI is InChI=1S/C13H24N2O.ClH/c16-13(12-7-9-14-10-12)15-8-3-6-11-4-1-2-5-11;/h11-12,14H,1-10H2,(H,15,16);1H. The van der Waals surface area contributed by atoms with Gasteiger partial charge in [-0.1, -0.05) is 25.7 Å². The minimum Gasteiger partial charge on any atom is -0.356 e. The van der Waals surface area contributed by atoms with Crippen molar-refractivity contribution < 1.29 is 4.79 Å². The number of halogens is 1. The van der Waals surface area contributed by atoms with Gasteiger partial charge >= 0.3 is 0 Å². The Morgan fingerprint density at radius 1 is 1.24 bits per heavy atom. The van der Waals surface area contributed by atoms with Gasteiger partial charge < -0.3 is 10.6 Å². The van der Waals surface area contributed by atoms with E-state index in [4.69, 9.17) is 0 Å². The zero-order valence-corrected chi connectivity index (χ0v) is 11.4. The highest BCUT2D eigenvalue weighted by Crippen LogP contribution is 2.28. The Labute approximate surface area is 111 Å². The summed E-state index contributed by atoms with van der Waals surface area (Å²) in [6.07, 6.45) is 9.16. The molecule has 0 aromatic carbocycles.